The van der Waals surface area contributed by atoms with Crippen molar-refractivity contribution >= 4 is 0 Å². The molecule has 0 fully saturated rings. The van der Waals surface area contributed by atoms with Crippen molar-refractivity contribution in [3.05, 3.63) is 65.0 Å². The van der Waals surface area contributed by atoms with Gasteiger partial charge in [0.05, 0.1) is 12.7 Å². The molecule has 0 saturated carbocycles. The molecular weight excluding hydrogens is 259 g/mol. The minimum Gasteiger partial charge on any atom is -0.488 e. The first-order valence-electron chi connectivity index (χ1n) is 6.39. The van der Waals surface area contributed by atoms with Gasteiger partial charge in [0.2, 0.25) is 0 Å². The summed E-state index contributed by atoms with van der Waals surface area (Å²) in [5.74, 6) is -0.0636. The van der Waals surface area contributed by atoms with Gasteiger partial charge in [-0.25, -0.2) is 4.39 Å². The summed E-state index contributed by atoms with van der Waals surface area (Å²) in [6.07, 6.45) is -0.720. The first-order chi connectivity index (χ1) is 9.60. The zero-order chi connectivity index (χ0) is 14.5. The Balaban J connectivity index is 2.11. The maximum Gasteiger partial charge on any atom is 0.128 e. The predicted molar refractivity (Wildman–Crippen MR) is 73.7 cm³/mol. The van der Waals surface area contributed by atoms with Crippen LogP contribution in [0.3, 0.4) is 0 Å². The van der Waals surface area contributed by atoms with Gasteiger partial charge in [-0.05, 0) is 30.2 Å². The van der Waals surface area contributed by atoms with E-state index in [0.717, 1.165) is 11.1 Å². The third-order valence-electron chi connectivity index (χ3n) is 3.03. The first kappa shape index (κ1) is 14.5. The molecule has 2 N–H and O–H groups in total. The lowest BCUT2D eigenvalue weighted by Gasteiger charge is -2.13. The molecule has 2 rings (SSSR count). The topological polar surface area (TPSA) is 49.7 Å². The van der Waals surface area contributed by atoms with Gasteiger partial charge in [0.15, 0.2) is 0 Å². The zero-order valence-corrected chi connectivity index (χ0v) is 11.2. The van der Waals surface area contributed by atoms with Crippen LogP contribution < -0.4 is 4.74 Å². The molecule has 20 heavy (non-hydrogen) atoms. The number of ether oxygens (including phenoxy) is 1. The van der Waals surface area contributed by atoms with Crippen LogP contribution in [0.1, 0.15) is 29.7 Å². The molecule has 0 radical (unpaired) electrons. The first-order valence-corrected chi connectivity index (χ1v) is 6.39. The summed E-state index contributed by atoms with van der Waals surface area (Å²) in [6, 6.07) is 11.4. The van der Waals surface area contributed by atoms with Gasteiger partial charge in [-0.3, -0.25) is 0 Å². The molecule has 0 saturated heterocycles. The number of benzene rings is 2. The van der Waals surface area contributed by atoms with E-state index in [9.17, 15) is 9.50 Å². The van der Waals surface area contributed by atoms with Gasteiger partial charge in [0.1, 0.15) is 18.2 Å². The van der Waals surface area contributed by atoms with Gasteiger partial charge >= 0.3 is 0 Å². The molecule has 4 heteroatoms. The van der Waals surface area contributed by atoms with Gasteiger partial charge in [-0.2, -0.15) is 0 Å². The molecular formula is C16H17FO3. The minimum atomic E-state index is -0.720. The quantitative estimate of drug-likeness (QED) is 0.882. The summed E-state index contributed by atoms with van der Waals surface area (Å²) in [6.45, 7) is 1.88. The molecule has 2 aromatic rings. The summed E-state index contributed by atoms with van der Waals surface area (Å²) in [4.78, 5) is 0. The number of halogens is 1. The van der Waals surface area contributed by atoms with Crippen LogP contribution in [0.25, 0.3) is 0 Å². The van der Waals surface area contributed by atoms with Crippen molar-refractivity contribution in [3.63, 3.8) is 0 Å². The average Bonchev–Trinajstić information content (AvgIpc) is 2.45. The molecule has 0 aliphatic heterocycles. The van der Waals surface area contributed by atoms with E-state index in [2.05, 4.69) is 0 Å². The van der Waals surface area contributed by atoms with Crippen molar-refractivity contribution in [1.82, 2.24) is 0 Å². The van der Waals surface area contributed by atoms with Crippen molar-refractivity contribution < 1.29 is 19.3 Å². The molecule has 0 amide bonds. The molecule has 0 aliphatic carbocycles. The number of aliphatic hydroxyl groups excluding tert-OH is 2. The Bertz CT molecular complexity index is 564. The third kappa shape index (κ3) is 3.56. The molecule has 0 spiro atoms. The maximum absolute atomic E-state index is 13.2. The lowest BCUT2D eigenvalue weighted by atomic mass is 10.1. The molecule has 106 valence electrons. The molecule has 1 atom stereocenters. The van der Waals surface area contributed by atoms with E-state index in [0.29, 0.717) is 11.3 Å². The molecule has 2 aromatic carbocycles. The fourth-order valence-electron chi connectivity index (χ4n) is 1.88. The van der Waals surface area contributed by atoms with Crippen LogP contribution in [0.2, 0.25) is 0 Å². The fourth-order valence-corrected chi connectivity index (χ4v) is 1.88. The van der Waals surface area contributed by atoms with E-state index in [4.69, 9.17) is 9.84 Å². The van der Waals surface area contributed by atoms with Crippen LogP contribution in [0.4, 0.5) is 4.39 Å². The van der Waals surface area contributed by atoms with Gasteiger partial charge in [0.25, 0.3) is 0 Å². The number of aliphatic hydroxyl groups is 2. The number of hydrogen-bond acceptors (Lipinski definition) is 3. The molecule has 0 unspecified atom stereocenters. The van der Waals surface area contributed by atoms with E-state index < -0.39 is 11.9 Å². The lowest BCUT2D eigenvalue weighted by molar-refractivity contribution is 0.190. The van der Waals surface area contributed by atoms with Crippen molar-refractivity contribution in [2.75, 3.05) is 0 Å². The Morgan fingerprint density at radius 1 is 1.10 bits per heavy atom. The van der Waals surface area contributed by atoms with Crippen molar-refractivity contribution in [2.45, 2.75) is 26.2 Å². The van der Waals surface area contributed by atoms with Crippen molar-refractivity contribution in [3.8, 4) is 5.75 Å². The van der Waals surface area contributed by atoms with Crippen LogP contribution in [0.15, 0.2) is 42.5 Å². The highest BCUT2D eigenvalue weighted by atomic mass is 19.1. The predicted octanol–water partition coefficient (Wildman–Crippen LogP) is 2.95. The SMILES string of the molecule is C[C@@H](O)c1ccc(F)cc1OCc1ccc(CO)cc1. The largest absolute Gasteiger partial charge is 0.488 e. The van der Waals surface area contributed by atoms with Gasteiger partial charge in [-0.1, -0.05) is 24.3 Å². The Morgan fingerprint density at radius 3 is 2.35 bits per heavy atom. The third-order valence-corrected chi connectivity index (χ3v) is 3.03. The highest BCUT2D eigenvalue weighted by molar-refractivity contribution is 5.35. The Kier molecular flexibility index (Phi) is 4.71. The van der Waals surface area contributed by atoms with E-state index in [1.54, 1.807) is 19.1 Å². The molecule has 3 nitrogen and oxygen atoms in total. The van der Waals surface area contributed by atoms with Crippen LogP contribution >= 0.6 is 0 Å². The summed E-state index contributed by atoms with van der Waals surface area (Å²) < 4.78 is 18.8. The normalized spacial score (nSPS) is 12.2. The van der Waals surface area contributed by atoms with Crippen molar-refractivity contribution in [1.29, 1.82) is 0 Å². The average molecular weight is 276 g/mol. The van der Waals surface area contributed by atoms with Crippen LogP contribution in [0, 0.1) is 5.82 Å². The van der Waals surface area contributed by atoms with Crippen molar-refractivity contribution in [2.24, 2.45) is 0 Å². The molecule has 0 bridgehead atoms. The minimum absolute atomic E-state index is 0.00277. The van der Waals surface area contributed by atoms with E-state index >= 15 is 0 Å². The monoisotopic (exact) mass is 276 g/mol. The number of rotatable bonds is 5. The van der Waals surface area contributed by atoms with Crippen LogP contribution in [-0.2, 0) is 13.2 Å². The standard InChI is InChI=1S/C16H17FO3/c1-11(19)15-7-6-14(17)8-16(15)20-10-13-4-2-12(9-18)3-5-13/h2-8,11,18-19H,9-10H2,1H3/t11-/m1/s1. The van der Waals surface area contributed by atoms with Crippen LogP contribution in [-0.4, -0.2) is 10.2 Å². The van der Waals surface area contributed by atoms with Gasteiger partial charge in [-0.15, -0.1) is 0 Å². The Labute approximate surface area is 117 Å². The molecule has 0 aromatic heterocycles. The highest BCUT2D eigenvalue weighted by Crippen LogP contribution is 2.26. The smallest absolute Gasteiger partial charge is 0.128 e. The second kappa shape index (κ2) is 6.50. The molecule has 0 heterocycles. The summed E-state index contributed by atoms with van der Waals surface area (Å²) in [5, 5.41) is 18.6. The summed E-state index contributed by atoms with van der Waals surface area (Å²) in [5.41, 5.74) is 2.28. The lowest BCUT2D eigenvalue weighted by Crippen LogP contribution is -2.01. The summed E-state index contributed by atoms with van der Waals surface area (Å²) in [7, 11) is 0. The second-order valence-corrected chi connectivity index (χ2v) is 4.62. The second-order valence-electron chi connectivity index (χ2n) is 4.62. The van der Waals surface area contributed by atoms with Crippen LogP contribution in [0.5, 0.6) is 5.75 Å². The van der Waals surface area contributed by atoms with Gasteiger partial charge < -0.3 is 14.9 Å². The van der Waals surface area contributed by atoms with Gasteiger partial charge in [0, 0.05) is 11.6 Å². The van der Waals surface area contributed by atoms with E-state index in [-0.39, 0.29) is 13.2 Å². The van der Waals surface area contributed by atoms with E-state index in [1.807, 2.05) is 12.1 Å². The Hall–Kier alpha value is -1.91. The summed E-state index contributed by atoms with van der Waals surface area (Å²) >= 11 is 0. The Morgan fingerprint density at radius 2 is 1.75 bits per heavy atom. The highest BCUT2D eigenvalue weighted by Gasteiger charge is 2.10. The number of hydrogen-bond donors (Lipinski definition) is 2. The molecule has 0 aliphatic rings. The fraction of sp³-hybridized carbons (Fsp3) is 0.250. The van der Waals surface area contributed by atoms with E-state index in [1.165, 1.54) is 18.2 Å². The zero-order valence-electron chi connectivity index (χ0n) is 11.2. The maximum atomic E-state index is 13.2.